The van der Waals surface area contributed by atoms with Crippen LogP contribution >= 0.6 is 0 Å². The van der Waals surface area contributed by atoms with Gasteiger partial charge in [-0.3, -0.25) is 4.98 Å². The number of hydrogen-bond donors (Lipinski definition) is 0. The van der Waals surface area contributed by atoms with E-state index in [-0.39, 0.29) is 6.10 Å². The highest BCUT2D eigenvalue weighted by Gasteiger charge is 2.16. The molecule has 0 saturated heterocycles. The fourth-order valence-corrected chi connectivity index (χ4v) is 1.41. The molecule has 0 aliphatic carbocycles. The summed E-state index contributed by atoms with van der Waals surface area (Å²) in [6.45, 7) is 7.25. The lowest BCUT2D eigenvalue weighted by molar-refractivity contribution is 0.0185. The predicted molar refractivity (Wildman–Crippen MR) is 58.1 cm³/mol. The highest BCUT2D eigenvalue weighted by Crippen LogP contribution is 2.23. The van der Waals surface area contributed by atoms with Crippen molar-refractivity contribution in [1.82, 2.24) is 4.98 Å². The first-order chi connectivity index (χ1) is 6.75. The third-order valence-electron chi connectivity index (χ3n) is 2.09. The average Bonchev–Trinajstić information content (AvgIpc) is 2.19. The summed E-state index contributed by atoms with van der Waals surface area (Å²) < 4.78 is 5.78. The molecule has 0 fully saturated rings. The Kier molecular flexibility index (Phi) is 4.60. The quantitative estimate of drug-likeness (QED) is 0.716. The molecule has 0 aromatic carbocycles. The molecule has 1 aromatic rings. The molecule has 14 heavy (non-hydrogen) atoms. The fourth-order valence-electron chi connectivity index (χ4n) is 1.41. The van der Waals surface area contributed by atoms with Crippen molar-refractivity contribution in [1.29, 1.82) is 0 Å². The largest absolute Gasteiger partial charge is 0.372 e. The summed E-state index contributed by atoms with van der Waals surface area (Å²) in [6, 6.07) is 5.97. The topological polar surface area (TPSA) is 22.1 Å². The Morgan fingerprint density at radius 2 is 2.14 bits per heavy atom. The standard InChI is InChI=1S/C12H19NO/c1-4-9-14-12(10(2)3)11-7-5-6-8-13-11/h5-8,10,12H,4,9H2,1-3H3. The van der Waals surface area contributed by atoms with Crippen LogP contribution in [0, 0.1) is 5.92 Å². The van der Waals surface area contributed by atoms with E-state index in [1.807, 2.05) is 24.4 Å². The molecule has 2 heteroatoms. The number of aromatic nitrogens is 1. The number of nitrogens with zero attached hydrogens (tertiary/aromatic N) is 1. The minimum absolute atomic E-state index is 0.135. The Bertz CT molecular complexity index is 246. The third kappa shape index (κ3) is 3.11. The van der Waals surface area contributed by atoms with Crippen molar-refractivity contribution in [2.45, 2.75) is 33.3 Å². The summed E-state index contributed by atoms with van der Waals surface area (Å²) in [5.41, 5.74) is 1.04. The van der Waals surface area contributed by atoms with Crippen LogP contribution in [0.1, 0.15) is 39.0 Å². The van der Waals surface area contributed by atoms with Gasteiger partial charge in [0.15, 0.2) is 0 Å². The molecule has 0 saturated carbocycles. The predicted octanol–water partition coefficient (Wildman–Crippen LogP) is 3.21. The molecule has 0 amide bonds. The molecular formula is C12H19NO. The van der Waals surface area contributed by atoms with Crippen molar-refractivity contribution in [2.24, 2.45) is 5.92 Å². The van der Waals surface area contributed by atoms with Gasteiger partial charge in [0.2, 0.25) is 0 Å². The van der Waals surface area contributed by atoms with Gasteiger partial charge in [-0.15, -0.1) is 0 Å². The van der Waals surface area contributed by atoms with Crippen molar-refractivity contribution in [3.63, 3.8) is 0 Å². The van der Waals surface area contributed by atoms with E-state index in [0.717, 1.165) is 18.7 Å². The Morgan fingerprint density at radius 3 is 2.64 bits per heavy atom. The van der Waals surface area contributed by atoms with E-state index in [4.69, 9.17) is 4.74 Å². The zero-order chi connectivity index (χ0) is 10.4. The zero-order valence-electron chi connectivity index (χ0n) is 9.23. The molecule has 1 rings (SSSR count). The summed E-state index contributed by atoms with van der Waals surface area (Å²) in [4.78, 5) is 4.33. The molecule has 0 aliphatic heterocycles. The van der Waals surface area contributed by atoms with Crippen molar-refractivity contribution < 1.29 is 4.74 Å². The summed E-state index contributed by atoms with van der Waals surface area (Å²) in [7, 11) is 0. The van der Waals surface area contributed by atoms with E-state index in [1.54, 1.807) is 0 Å². The van der Waals surface area contributed by atoms with Gasteiger partial charge < -0.3 is 4.74 Å². The van der Waals surface area contributed by atoms with E-state index in [9.17, 15) is 0 Å². The summed E-state index contributed by atoms with van der Waals surface area (Å²) in [5, 5.41) is 0. The molecular weight excluding hydrogens is 174 g/mol. The molecule has 0 radical (unpaired) electrons. The highest BCUT2D eigenvalue weighted by molar-refractivity contribution is 5.07. The second-order valence-corrected chi connectivity index (χ2v) is 3.79. The van der Waals surface area contributed by atoms with Gasteiger partial charge in [-0.05, 0) is 24.5 Å². The lowest BCUT2D eigenvalue weighted by Crippen LogP contribution is -2.13. The molecule has 78 valence electrons. The van der Waals surface area contributed by atoms with Gasteiger partial charge in [0.05, 0.1) is 5.69 Å². The Morgan fingerprint density at radius 1 is 1.36 bits per heavy atom. The van der Waals surface area contributed by atoms with Gasteiger partial charge >= 0.3 is 0 Å². The van der Waals surface area contributed by atoms with Crippen molar-refractivity contribution in [3.05, 3.63) is 30.1 Å². The second-order valence-electron chi connectivity index (χ2n) is 3.79. The lowest BCUT2D eigenvalue weighted by Gasteiger charge is -2.20. The maximum absolute atomic E-state index is 5.78. The van der Waals surface area contributed by atoms with Crippen LogP contribution in [0.5, 0.6) is 0 Å². The fraction of sp³-hybridized carbons (Fsp3) is 0.583. The summed E-state index contributed by atoms with van der Waals surface area (Å²) in [5.74, 6) is 0.469. The molecule has 0 spiro atoms. The Hall–Kier alpha value is -0.890. The van der Waals surface area contributed by atoms with Crippen LogP contribution in [0.25, 0.3) is 0 Å². The zero-order valence-corrected chi connectivity index (χ0v) is 9.23. The van der Waals surface area contributed by atoms with E-state index in [1.165, 1.54) is 0 Å². The number of ether oxygens (including phenoxy) is 1. The molecule has 0 bridgehead atoms. The third-order valence-corrected chi connectivity index (χ3v) is 2.09. The molecule has 1 heterocycles. The highest BCUT2D eigenvalue weighted by atomic mass is 16.5. The number of hydrogen-bond acceptors (Lipinski definition) is 2. The van der Waals surface area contributed by atoms with Crippen molar-refractivity contribution in [2.75, 3.05) is 6.61 Å². The smallest absolute Gasteiger partial charge is 0.102 e. The Balaban J connectivity index is 2.68. The van der Waals surface area contributed by atoms with Gasteiger partial charge in [0.1, 0.15) is 6.10 Å². The Labute approximate surface area is 86.3 Å². The van der Waals surface area contributed by atoms with E-state index in [0.29, 0.717) is 5.92 Å². The lowest BCUT2D eigenvalue weighted by atomic mass is 10.0. The second kappa shape index (κ2) is 5.76. The number of rotatable bonds is 5. The van der Waals surface area contributed by atoms with Crippen molar-refractivity contribution >= 4 is 0 Å². The van der Waals surface area contributed by atoms with Gasteiger partial charge in [0, 0.05) is 12.8 Å². The van der Waals surface area contributed by atoms with Crippen LogP contribution in [0.15, 0.2) is 24.4 Å². The molecule has 0 N–H and O–H groups in total. The molecule has 1 atom stereocenters. The van der Waals surface area contributed by atoms with Crippen LogP contribution in [0.4, 0.5) is 0 Å². The van der Waals surface area contributed by atoms with E-state index in [2.05, 4.69) is 25.8 Å². The average molecular weight is 193 g/mol. The van der Waals surface area contributed by atoms with Gasteiger partial charge in [-0.2, -0.15) is 0 Å². The first-order valence-corrected chi connectivity index (χ1v) is 5.28. The normalized spacial score (nSPS) is 13.1. The first-order valence-electron chi connectivity index (χ1n) is 5.28. The van der Waals surface area contributed by atoms with Crippen molar-refractivity contribution in [3.8, 4) is 0 Å². The van der Waals surface area contributed by atoms with Gasteiger partial charge in [-0.1, -0.05) is 26.8 Å². The number of pyridine rings is 1. The van der Waals surface area contributed by atoms with E-state index >= 15 is 0 Å². The van der Waals surface area contributed by atoms with Crippen LogP contribution in [-0.2, 0) is 4.74 Å². The van der Waals surface area contributed by atoms with Crippen LogP contribution in [-0.4, -0.2) is 11.6 Å². The maximum Gasteiger partial charge on any atom is 0.102 e. The minimum Gasteiger partial charge on any atom is -0.372 e. The van der Waals surface area contributed by atoms with Gasteiger partial charge in [0.25, 0.3) is 0 Å². The molecule has 2 nitrogen and oxygen atoms in total. The van der Waals surface area contributed by atoms with Gasteiger partial charge in [-0.25, -0.2) is 0 Å². The van der Waals surface area contributed by atoms with Crippen LogP contribution in [0.2, 0.25) is 0 Å². The van der Waals surface area contributed by atoms with Crippen LogP contribution in [0.3, 0.4) is 0 Å². The monoisotopic (exact) mass is 193 g/mol. The molecule has 1 aromatic heterocycles. The summed E-state index contributed by atoms with van der Waals surface area (Å²) >= 11 is 0. The van der Waals surface area contributed by atoms with E-state index < -0.39 is 0 Å². The molecule has 1 unspecified atom stereocenters. The summed E-state index contributed by atoms with van der Waals surface area (Å²) in [6.07, 6.45) is 3.01. The SMILES string of the molecule is CCCOC(c1ccccn1)C(C)C. The van der Waals surface area contributed by atoms with Crippen LogP contribution < -0.4 is 0 Å². The molecule has 0 aliphatic rings. The first kappa shape index (κ1) is 11.2. The minimum atomic E-state index is 0.135. The maximum atomic E-state index is 5.78.